The molecule has 0 radical (unpaired) electrons. The summed E-state index contributed by atoms with van der Waals surface area (Å²) in [5, 5.41) is 16.1. The Morgan fingerprint density at radius 2 is 2.10 bits per heavy atom. The van der Waals surface area contributed by atoms with Gasteiger partial charge in [0.05, 0.1) is 11.6 Å². The molecule has 2 heterocycles. The van der Waals surface area contributed by atoms with Gasteiger partial charge in [0, 0.05) is 42.3 Å². The highest BCUT2D eigenvalue weighted by molar-refractivity contribution is 5.94. The number of aryl methyl sites for hydroxylation is 1. The molecule has 0 aliphatic heterocycles. The molecule has 0 spiro atoms. The summed E-state index contributed by atoms with van der Waals surface area (Å²) in [4.78, 5) is 4.20. The molecule has 30 heavy (non-hydrogen) atoms. The van der Waals surface area contributed by atoms with Crippen LogP contribution in [0, 0.1) is 17.1 Å². The van der Waals surface area contributed by atoms with E-state index in [2.05, 4.69) is 15.6 Å². The minimum Gasteiger partial charge on any atom is -0.363 e. The average Bonchev–Trinajstić information content (AvgIpc) is 3.09. The molecule has 0 amide bonds. The van der Waals surface area contributed by atoms with Gasteiger partial charge in [0.15, 0.2) is 17.5 Å². The van der Waals surface area contributed by atoms with Gasteiger partial charge in [0.2, 0.25) is 0 Å². The molecule has 156 valence electrons. The lowest BCUT2D eigenvalue weighted by Gasteiger charge is -2.36. The van der Waals surface area contributed by atoms with Crippen LogP contribution in [0.3, 0.4) is 0 Å². The van der Waals surface area contributed by atoms with Crippen molar-refractivity contribution in [3.05, 3.63) is 47.9 Å². The number of nitrogens with one attached hydrogen (secondary N) is 2. The van der Waals surface area contributed by atoms with Crippen molar-refractivity contribution in [1.82, 2.24) is 9.55 Å². The van der Waals surface area contributed by atoms with Crippen LogP contribution in [0.2, 0.25) is 0 Å². The fraction of sp³-hybridized carbons (Fsp3) is 0.333. The molecule has 1 fully saturated rings. The van der Waals surface area contributed by atoms with Crippen molar-refractivity contribution in [1.29, 1.82) is 5.26 Å². The molecule has 2 atom stereocenters. The van der Waals surface area contributed by atoms with Gasteiger partial charge in [0.1, 0.15) is 6.07 Å². The van der Waals surface area contributed by atoms with Crippen molar-refractivity contribution in [2.75, 3.05) is 10.6 Å². The zero-order chi connectivity index (χ0) is 21.5. The lowest BCUT2D eigenvalue weighted by Crippen LogP contribution is -2.55. The zero-order valence-corrected chi connectivity index (χ0v) is 16.3. The van der Waals surface area contributed by atoms with E-state index in [1.807, 2.05) is 48.1 Å². The minimum atomic E-state index is -3.02. The van der Waals surface area contributed by atoms with Gasteiger partial charge < -0.3 is 20.9 Å². The third-order valence-electron chi connectivity index (χ3n) is 5.55. The Balaban J connectivity index is 1.68. The first-order valence-electron chi connectivity index (χ1n) is 9.62. The van der Waals surface area contributed by atoms with E-state index in [1.54, 1.807) is 0 Å². The second kappa shape index (κ2) is 7.54. The average molecular weight is 414 g/mol. The molecule has 0 unspecified atom stereocenters. The molecular weight excluding hydrogens is 393 g/mol. The van der Waals surface area contributed by atoms with Crippen LogP contribution in [0.4, 0.5) is 30.5 Å². The van der Waals surface area contributed by atoms with E-state index >= 15 is 0 Å². The van der Waals surface area contributed by atoms with E-state index < -0.39 is 23.8 Å². The van der Waals surface area contributed by atoms with E-state index in [0.29, 0.717) is 12.1 Å². The molecular formula is C21H21F3N6. The second-order valence-electron chi connectivity index (χ2n) is 7.55. The summed E-state index contributed by atoms with van der Waals surface area (Å²) in [7, 11) is 1.91. The van der Waals surface area contributed by atoms with Gasteiger partial charge in [-0.3, -0.25) is 0 Å². The first kappa shape index (κ1) is 20.0. The van der Waals surface area contributed by atoms with Crippen LogP contribution in [0.5, 0.6) is 0 Å². The number of rotatable bonds is 4. The number of anilines is 3. The molecule has 1 aromatic carbocycles. The summed E-state index contributed by atoms with van der Waals surface area (Å²) in [5.41, 5.74) is 7.37. The fourth-order valence-corrected chi connectivity index (χ4v) is 3.85. The SMILES string of the molecule is Cn1ccc2c(Nc3nc(N[C@@H]4CCCC(F)(F)[C@@H]4N)c(F)cc3C#N)cccc21. The van der Waals surface area contributed by atoms with Crippen LogP contribution < -0.4 is 16.4 Å². The topological polar surface area (TPSA) is 91.7 Å². The van der Waals surface area contributed by atoms with E-state index in [9.17, 15) is 18.4 Å². The van der Waals surface area contributed by atoms with Crippen molar-refractivity contribution in [3.8, 4) is 6.07 Å². The number of pyridine rings is 1. The van der Waals surface area contributed by atoms with Crippen LogP contribution in [-0.4, -0.2) is 27.6 Å². The van der Waals surface area contributed by atoms with Gasteiger partial charge in [-0.25, -0.2) is 18.2 Å². The predicted molar refractivity (Wildman–Crippen MR) is 109 cm³/mol. The molecule has 0 bridgehead atoms. The Bertz CT molecular complexity index is 1130. The van der Waals surface area contributed by atoms with Crippen molar-refractivity contribution < 1.29 is 13.2 Å². The number of nitrogens with two attached hydrogens (primary N) is 1. The summed E-state index contributed by atoms with van der Waals surface area (Å²) >= 11 is 0. The largest absolute Gasteiger partial charge is 0.363 e. The van der Waals surface area contributed by atoms with Crippen LogP contribution >= 0.6 is 0 Å². The van der Waals surface area contributed by atoms with Crippen molar-refractivity contribution in [3.63, 3.8) is 0 Å². The number of benzene rings is 1. The summed E-state index contributed by atoms with van der Waals surface area (Å²) < 4.78 is 44.4. The lowest BCUT2D eigenvalue weighted by atomic mass is 9.87. The van der Waals surface area contributed by atoms with Crippen LogP contribution in [-0.2, 0) is 7.05 Å². The van der Waals surface area contributed by atoms with Gasteiger partial charge in [-0.2, -0.15) is 5.26 Å². The van der Waals surface area contributed by atoms with E-state index in [4.69, 9.17) is 5.73 Å². The maximum absolute atomic E-state index is 14.6. The number of hydrogen-bond acceptors (Lipinski definition) is 5. The van der Waals surface area contributed by atoms with Gasteiger partial charge in [-0.15, -0.1) is 0 Å². The molecule has 2 aromatic heterocycles. The molecule has 3 aromatic rings. The van der Waals surface area contributed by atoms with Crippen molar-refractivity contribution in [2.24, 2.45) is 12.8 Å². The molecule has 0 saturated heterocycles. The molecule has 1 saturated carbocycles. The molecule has 1 aliphatic carbocycles. The standard InChI is InChI=1S/C21H21F3N6/c1-30-9-7-13-15(4-2-6-17(13)30)27-19-12(11-25)10-14(22)20(29-19)28-16-5-3-8-21(23,24)18(16)26/h2,4,6-7,9-10,16,18H,3,5,8,26H2,1H3,(H2,27,28,29)/t16-,18-/m1/s1. The number of hydrogen-bond donors (Lipinski definition) is 3. The fourth-order valence-electron chi connectivity index (χ4n) is 3.85. The van der Waals surface area contributed by atoms with Gasteiger partial charge in [-0.1, -0.05) is 6.07 Å². The molecule has 9 heteroatoms. The number of nitriles is 1. The third-order valence-corrected chi connectivity index (χ3v) is 5.55. The highest BCUT2D eigenvalue weighted by Crippen LogP contribution is 2.35. The van der Waals surface area contributed by atoms with Crippen LogP contribution in [0.25, 0.3) is 10.9 Å². The predicted octanol–water partition coefficient (Wildman–Crippen LogP) is 4.25. The zero-order valence-electron chi connectivity index (χ0n) is 16.3. The summed E-state index contributed by atoms with van der Waals surface area (Å²) in [6, 6.07) is 8.21. The second-order valence-corrected chi connectivity index (χ2v) is 7.55. The highest BCUT2D eigenvalue weighted by Gasteiger charge is 2.45. The summed E-state index contributed by atoms with van der Waals surface area (Å²) in [6.45, 7) is 0. The number of halogens is 3. The Morgan fingerprint density at radius 3 is 2.87 bits per heavy atom. The maximum atomic E-state index is 14.6. The van der Waals surface area contributed by atoms with Gasteiger partial charge >= 0.3 is 0 Å². The third kappa shape index (κ3) is 3.55. The van der Waals surface area contributed by atoms with E-state index in [0.717, 1.165) is 17.0 Å². The minimum absolute atomic E-state index is 0.00394. The maximum Gasteiger partial charge on any atom is 0.264 e. The Kier molecular flexibility index (Phi) is 5.03. The Hall–Kier alpha value is -3.25. The van der Waals surface area contributed by atoms with Gasteiger partial charge in [0.25, 0.3) is 5.92 Å². The lowest BCUT2D eigenvalue weighted by molar-refractivity contribution is -0.0555. The highest BCUT2D eigenvalue weighted by atomic mass is 19.3. The molecule has 1 aliphatic rings. The number of aromatic nitrogens is 2. The molecule has 4 N–H and O–H groups in total. The number of alkyl halides is 2. The monoisotopic (exact) mass is 414 g/mol. The van der Waals surface area contributed by atoms with E-state index in [-0.39, 0.29) is 30.0 Å². The van der Waals surface area contributed by atoms with Crippen molar-refractivity contribution >= 4 is 28.2 Å². The van der Waals surface area contributed by atoms with E-state index in [1.165, 1.54) is 0 Å². The van der Waals surface area contributed by atoms with Crippen LogP contribution in [0.1, 0.15) is 24.8 Å². The molecule has 6 nitrogen and oxygen atoms in total. The van der Waals surface area contributed by atoms with Gasteiger partial charge in [-0.05, 0) is 37.1 Å². The van der Waals surface area contributed by atoms with Crippen LogP contribution in [0.15, 0.2) is 36.5 Å². The van der Waals surface area contributed by atoms with Crippen molar-refractivity contribution in [2.45, 2.75) is 37.3 Å². The number of fused-ring (bicyclic) bond motifs is 1. The first-order chi connectivity index (χ1) is 14.3. The first-order valence-corrected chi connectivity index (χ1v) is 9.62. The summed E-state index contributed by atoms with van der Waals surface area (Å²) in [5.74, 6) is -3.90. The summed E-state index contributed by atoms with van der Waals surface area (Å²) in [6.07, 6.45) is 2.27. The normalized spacial score (nSPS) is 20.7. The quantitative estimate of drug-likeness (QED) is 0.594. The Morgan fingerprint density at radius 1 is 1.30 bits per heavy atom. The molecule has 4 rings (SSSR count). The number of nitrogens with zero attached hydrogens (tertiary/aromatic N) is 3. The smallest absolute Gasteiger partial charge is 0.264 e. The Labute approximate surface area is 171 Å².